The number of aryl methyl sites for hydroxylation is 1. The molecule has 1 fully saturated rings. The van der Waals surface area contributed by atoms with E-state index in [1.165, 1.54) is 11.0 Å². The molecule has 116 valence electrons. The minimum atomic E-state index is -0.0414. The number of nitrogens with zero attached hydrogens (tertiary/aromatic N) is 5. The first kappa shape index (κ1) is 16.0. The van der Waals surface area contributed by atoms with Gasteiger partial charge >= 0.3 is 0 Å². The molecule has 22 heavy (non-hydrogen) atoms. The molecule has 2 atom stereocenters. The molecule has 1 amide bonds. The normalized spacial score (nSPS) is 21.0. The Morgan fingerprint density at radius 1 is 1.36 bits per heavy atom. The third-order valence-electron chi connectivity index (χ3n) is 4.62. The summed E-state index contributed by atoms with van der Waals surface area (Å²) in [6.07, 6.45) is 4.55. The van der Waals surface area contributed by atoms with E-state index in [2.05, 4.69) is 11.9 Å². The van der Waals surface area contributed by atoms with Crippen LogP contribution in [-0.2, 0) is 11.3 Å². The molecule has 6 heteroatoms. The summed E-state index contributed by atoms with van der Waals surface area (Å²) >= 11 is 0. The predicted octanol–water partition coefficient (Wildman–Crippen LogP) is 1.97. The number of hydrogen-bond donors (Lipinski definition) is 0. The molecule has 1 aliphatic carbocycles. The van der Waals surface area contributed by atoms with Gasteiger partial charge in [0.15, 0.2) is 11.4 Å². The van der Waals surface area contributed by atoms with Crippen molar-refractivity contribution < 1.29 is 4.79 Å². The largest absolute Gasteiger partial charge is 0.341 e. The summed E-state index contributed by atoms with van der Waals surface area (Å²) in [7, 11) is 1.83. The van der Waals surface area contributed by atoms with Crippen molar-refractivity contribution in [3.63, 3.8) is 0 Å². The second-order valence-corrected chi connectivity index (χ2v) is 6.00. The Morgan fingerprint density at radius 3 is 2.64 bits per heavy atom. The van der Waals surface area contributed by atoms with Gasteiger partial charge in [0.25, 0.3) is 0 Å². The van der Waals surface area contributed by atoms with E-state index in [0.29, 0.717) is 11.7 Å². The van der Waals surface area contributed by atoms with Crippen LogP contribution >= 0.6 is 0 Å². The van der Waals surface area contributed by atoms with Gasteiger partial charge in [0.05, 0.1) is 0 Å². The van der Waals surface area contributed by atoms with Gasteiger partial charge in [-0.3, -0.25) is 4.79 Å². The van der Waals surface area contributed by atoms with Gasteiger partial charge in [-0.15, -0.1) is 0 Å². The van der Waals surface area contributed by atoms with Crippen LogP contribution in [0.3, 0.4) is 0 Å². The lowest BCUT2D eigenvalue weighted by Gasteiger charge is -2.36. The van der Waals surface area contributed by atoms with Crippen LogP contribution in [0.25, 0.3) is 0 Å². The second-order valence-electron chi connectivity index (χ2n) is 6.00. The molecule has 0 radical (unpaired) electrons. The van der Waals surface area contributed by atoms with Crippen LogP contribution in [0.5, 0.6) is 0 Å². The van der Waals surface area contributed by atoms with Crippen LogP contribution in [0.1, 0.15) is 49.8 Å². The molecule has 0 spiro atoms. The average Bonchev–Trinajstić information content (AvgIpc) is 2.82. The molecule has 0 unspecified atom stereocenters. The summed E-state index contributed by atoms with van der Waals surface area (Å²) in [6.45, 7) is 3.95. The highest BCUT2D eigenvalue weighted by Gasteiger charge is 2.28. The number of hydrogen-bond acceptors (Lipinski definition) is 4. The Labute approximate surface area is 131 Å². The van der Waals surface area contributed by atoms with Gasteiger partial charge in [-0.2, -0.15) is 10.5 Å². The van der Waals surface area contributed by atoms with Crippen LogP contribution in [0.2, 0.25) is 0 Å². The van der Waals surface area contributed by atoms with E-state index in [9.17, 15) is 10.1 Å². The van der Waals surface area contributed by atoms with Gasteiger partial charge in [0.1, 0.15) is 24.5 Å². The average molecular weight is 299 g/mol. The fraction of sp³-hybridized carbons (Fsp3) is 0.625. The Bertz CT molecular complexity index is 649. The molecule has 0 saturated heterocycles. The fourth-order valence-electron chi connectivity index (χ4n) is 3.25. The van der Waals surface area contributed by atoms with Crippen molar-refractivity contribution in [1.82, 2.24) is 14.5 Å². The minimum absolute atomic E-state index is 0.0414. The number of likely N-dealkylation sites (N-methyl/N-ethyl adjacent to an activating group) is 1. The standard InChI is InChI=1S/C16H21N5O/c1-11-6-4-5-7-14(11)20(3)16(22)10-21-12(2)19-13(8-17)15(21)9-18/h11,14H,4-7,10H2,1-3H3/t11-,14+/m0/s1. The first-order valence-electron chi connectivity index (χ1n) is 7.62. The molecule has 0 bridgehead atoms. The highest BCUT2D eigenvalue weighted by Crippen LogP contribution is 2.27. The summed E-state index contributed by atoms with van der Waals surface area (Å²) in [5.74, 6) is 0.975. The van der Waals surface area contributed by atoms with Gasteiger partial charge in [-0.25, -0.2) is 4.98 Å². The van der Waals surface area contributed by atoms with Crippen molar-refractivity contribution in [2.75, 3.05) is 7.05 Å². The summed E-state index contributed by atoms with van der Waals surface area (Å²) < 4.78 is 1.53. The van der Waals surface area contributed by atoms with Crippen LogP contribution in [-0.4, -0.2) is 33.4 Å². The lowest BCUT2D eigenvalue weighted by molar-refractivity contribution is -0.134. The highest BCUT2D eigenvalue weighted by molar-refractivity contribution is 5.76. The zero-order chi connectivity index (χ0) is 16.3. The lowest BCUT2D eigenvalue weighted by atomic mass is 9.85. The molecule has 2 rings (SSSR count). The smallest absolute Gasteiger partial charge is 0.242 e. The quantitative estimate of drug-likeness (QED) is 0.854. The molecular formula is C16H21N5O. The molecule has 1 heterocycles. The summed E-state index contributed by atoms with van der Waals surface area (Å²) in [5.41, 5.74) is 0.250. The molecule has 1 aromatic heterocycles. The van der Waals surface area contributed by atoms with E-state index in [1.54, 1.807) is 11.8 Å². The monoisotopic (exact) mass is 299 g/mol. The number of imidazole rings is 1. The summed E-state index contributed by atoms with van der Waals surface area (Å²) in [4.78, 5) is 18.4. The number of aromatic nitrogens is 2. The zero-order valence-electron chi connectivity index (χ0n) is 13.3. The Hall–Kier alpha value is -2.34. The highest BCUT2D eigenvalue weighted by atomic mass is 16.2. The number of nitriles is 2. The molecular weight excluding hydrogens is 278 g/mol. The van der Waals surface area contributed by atoms with E-state index >= 15 is 0 Å². The van der Waals surface area contributed by atoms with E-state index < -0.39 is 0 Å². The SMILES string of the molecule is Cc1nc(C#N)c(C#N)n1CC(=O)N(C)[C@@H]1CCCC[C@@H]1C. The van der Waals surface area contributed by atoms with Gasteiger partial charge in [-0.05, 0) is 25.7 Å². The van der Waals surface area contributed by atoms with Gasteiger partial charge in [0.2, 0.25) is 5.91 Å². The Balaban J connectivity index is 2.17. The third kappa shape index (κ3) is 2.96. The van der Waals surface area contributed by atoms with E-state index in [0.717, 1.165) is 19.3 Å². The molecule has 0 aromatic carbocycles. The van der Waals surface area contributed by atoms with Gasteiger partial charge in [-0.1, -0.05) is 19.8 Å². The maximum absolute atomic E-state index is 12.6. The van der Waals surface area contributed by atoms with Crippen LogP contribution in [0, 0.1) is 35.5 Å². The molecule has 6 nitrogen and oxygen atoms in total. The van der Waals surface area contributed by atoms with Crippen molar-refractivity contribution in [1.29, 1.82) is 10.5 Å². The molecule has 1 saturated carbocycles. The maximum Gasteiger partial charge on any atom is 0.242 e. The first-order chi connectivity index (χ1) is 10.5. The number of rotatable bonds is 3. The van der Waals surface area contributed by atoms with E-state index in [1.807, 2.05) is 19.2 Å². The molecule has 1 aromatic rings. The van der Waals surface area contributed by atoms with Crippen LogP contribution in [0.15, 0.2) is 0 Å². The number of carbonyl (C=O) groups is 1. The van der Waals surface area contributed by atoms with E-state index in [-0.39, 0.29) is 29.9 Å². The lowest BCUT2D eigenvalue weighted by Crippen LogP contribution is -2.44. The molecule has 1 aliphatic rings. The molecule has 0 N–H and O–H groups in total. The Morgan fingerprint density at radius 2 is 2.05 bits per heavy atom. The van der Waals surface area contributed by atoms with Crippen molar-refractivity contribution in [2.45, 2.75) is 52.1 Å². The summed E-state index contributed by atoms with van der Waals surface area (Å²) in [6, 6.07) is 4.13. The first-order valence-corrected chi connectivity index (χ1v) is 7.62. The summed E-state index contributed by atoms with van der Waals surface area (Å²) in [5, 5.41) is 18.2. The van der Waals surface area contributed by atoms with Gasteiger partial charge in [0, 0.05) is 13.1 Å². The predicted molar refractivity (Wildman–Crippen MR) is 80.6 cm³/mol. The maximum atomic E-state index is 12.6. The van der Waals surface area contributed by atoms with E-state index in [4.69, 9.17) is 5.26 Å². The van der Waals surface area contributed by atoms with Crippen molar-refractivity contribution >= 4 is 5.91 Å². The van der Waals surface area contributed by atoms with Crippen LogP contribution in [0.4, 0.5) is 0 Å². The number of carbonyl (C=O) groups excluding carboxylic acids is 1. The fourth-order valence-corrected chi connectivity index (χ4v) is 3.25. The number of amides is 1. The minimum Gasteiger partial charge on any atom is -0.341 e. The third-order valence-corrected chi connectivity index (χ3v) is 4.62. The van der Waals surface area contributed by atoms with Crippen LogP contribution < -0.4 is 0 Å². The Kier molecular flexibility index (Phi) is 4.82. The topological polar surface area (TPSA) is 85.7 Å². The zero-order valence-corrected chi connectivity index (χ0v) is 13.3. The van der Waals surface area contributed by atoms with Crippen molar-refractivity contribution in [3.05, 3.63) is 17.2 Å². The molecule has 0 aliphatic heterocycles. The van der Waals surface area contributed by atoms with Crippen molar-refractivity contribution in [2.24, 2.45) is 5.92 Å². The van der Waals surface area contributed by atoms with Gasteiger partial charge < -0.3 is 9.47 Å². The second kappa shape index (κ2) is 6.62. The van der Waals surface area contributed by atoms with Crippen molar-refractivity contribution in [3.8, 4) is 12.1 Å².